The maximum Gasteiger partial charge on any atom is 0.246 e. The molecule has 0 saturated carbocycles. The standard InChI is InChI=1S/C13H16FNO/c1-3-15(4-2)13(16)10-9-11-7-5-6-8-12(11)14/h5-10H,3-4H2,1-2H3/b10-9+. The van der Waals surface area contributed by atoms with Gasteiger partial charge in [-0.15, -0.1) is 0 Å². The van der Waals surface area contributed by atoms with Crippen molar-refractivity contribution in [1.82, 2.24) is 4.90 Å². The molecule has 0 aromatic heterocycles. The zero-order valence-corrected chi connectivity index (χ0v) is 9.61. The molecule has 1 rings (SSSR count). The highest BCUT2D eigenvalue weighted by Gasteiger charge is 2.05. The van der Waals surface area contributed by atoms with Gasteiger partial charge in [-0.25, -0.2) is 4.39 Å². The first-order valence-corrected chi connectivity index (χ1v) is 5.40. The molecule has 1 aromatic rings. The van der Waals surface area contributed by atoms with Gasteiger partial charge in [0.2, 0.25) is 5.91 Å². The molecule has 0 saturated heterocycles. The largest absolute Gasteiger partial charge is 0.340 e. The Bertz CT molecular complexity index is 383. The molecule has 0 aliphatic carbocycles. The highest BCUT2D eigenvalue weighted by atomic mass is 19.1. The van der Waals surface area contributed by atoms with Crippen LogP contribution < -0.4 is 0 Å². The summed E-state index contributed by atoms with van der Waals surface area (Å²) in [5, 5.41) is 0. The summed E-state index contributed by atoms with van der Waals surface area (Å²) in [5.41, 5.74) is 0.433. The van der Waals surface area contributed by atoms with Crippen LogP contribution in [0.4, 0.5) is 4.39 Å². The number of carbonyl (C=O) groups excluding carboxylic acids is 1. The molecule has 0 unspecified atom stereocenters. The topological polar surface area (TPSA) is 20.3 Å². The van der Waals surface area contributed by atoms with E-state index in [1.807, 2.05) is 13.8 Å². The number of benzene rings is 1. The van der Waals surface area contributed by atoms with Crippen LogP contribution in [0.3, 0.4) is 0 Å². The van der Waals surface area contributed by atoms with Crippen molar-refractivity contribution in [2.45, 2.75) is 13.8 Å². The number of hydrogen-bond donors (Lipinski definition) is 0. The predicted molar refractivity (Wildman–Crippen MR) is 63.4 cm³/mol. The van der Waals surface area contributed by atoms with Gasteiger partial charge in [-0.3, -0.25) is 4.79 Å². The van der Waals surface area contributed by atoms with E-state index in [9.17, 15) is 9.18 Å². The Morgan fingerprint density at radius 1 is 1.31 bits per heavy atom. The zero-order valence-electron chi connectivity index (χ0n) is 9.61. The molecule has 0 aliphatic rings. The van der Waals surface area contributed by atoms with E-state index in [0.29, 0.717) is 18.7 Å². The summed E-state index contributed by atoms with van der Waals surface area (Å²) in [5.74, 6) is -0.403. The van der Waals surface area contributed by atoms with Crippen molar-refractivity contribution in [3.05, 3.63) is 41.7 Å². The summed E-state index contributed by atoms with van der Waals surface area (Å²) in [6, 6.07) is 6.38. The highest BCUT2D eigenvalue weighted by Crippen LogP contribution is 2.08. The second-order valence-corrected chi connectivity index (χ2v) is 3.37. The fraction of sp³-hybridized carbons (Fsp3) is 0.308. The third kappa shape index (κ3) is 3.19. The second kappa shape index (κ2) is 6.05. The molecule has 0 spiro atoms. The molecule has 0 atom stereocenters. The Balaban J connectivity index is 2.74. The van der Waals surface area contributed by atoms with Crippen LogP contribution in [0.15, 0.2) is 30.3 Å². The number of amides is 1. The van der Waals surface area contributed by atoms with E-state index in [2.05, 4.69) is 0 Å². The molecule has 3 heteroatoms. The summed E-state index contributed by atoms with van der Waals surface area (Å²) in [7, 11) is 0. The second-order valence-electron chi connectivity index (χ2n) is 3.37. The molecule has 0 N–H and O–H groups in total. The molecular formula is C13H16FNO. The van der Waals surface area contributed by atoms with E-state index < -0.39 is 0 Å². The Hall–Kier alpha value is -1.64. The molecule has 0 fully saturated rings. The Morgan fingerprint density at radius 3 is 2.50 bits per heavy atom. The maximum atomic E-state index is 13.2. The van der Waals surface area contributed by atoms with Gasteiger partial charge in [0.05, 0.1) is 0 Å². The van der Waals surface area contributed by atoms with E-state index in [4.69, 9.17) is 0 Å². The molecule has 2 nitrogen and oxygen atoms in total. The van der Waals surface area contributed by atoms with Crippen molar-refractivity contribution in [2.24, 2.45) is 0 Å². The average Bonchev–Trinajstić information content (AvgIpc) is 2.29. The van der Waals surface area contributed by atoms with Gasteiger partial charge < -0.3 is 4.90 Å². The van der Waals surface area contributed by atoms with Gasteiger partial charge in [-0.1, -0.05) is 18.2 Å². The Morgan fingerprint density at radius 2 is 1.94 bits per heavy atom. The van der Waals surface area contributed by atoms with Crippen molar-refractivity contribution in [2.75, 3.05) is 13.1 Å². The van der Waals surface area contributed by atoms with Gasteiger partial charge in [0, 0.05) is 24.7 Å². The average molecular weight is 221 g/mol. The zero-order chi connectivity index (χ0) is 12.0. The SMILES string of the molecule is CCN(CC)C(=O)/C=C/c1ccccc1F. The lowest BCUT2D eigenvalue weighted by atomic mass is 10.2. The maximum absolute atomic E-state index is 13.2. The first-order valence-electron chi connectivity index (χ1n) is 5.40. The lowest BCUT2D eigenvalue weighted by Gasteiger charge is -2.15. The third-order valence-electron chi connectivity index (χ3n) is 2.39. The molecule has 0 aliphatic heterocycles. The molecule has 1 aromatic carbocycles. The first kappa shape index (κ1) is 12.4. The summed E-state index contributed by atoms with van der Waals surface area (Å²) in [6.45, 7) is 5.16. The summed E-state index contributed by atoms with van der Waals surface area (Å²) < 4.78 is 13.2. The van der Waals surface area contributed by atoms with Crippen molar-refractivity contribution >= 4 is 12.0 Å². The van der Waals surface area contributed by atoms with Crippen LogP contribution in [-0.4, -0.2) is 23.9 Å². The molecule has 16 heavy (non-hydrogen) atoms. The lowest BCUT2D eigenvalue weighted by Crippen LogP contribution is -2.28. The smallest absolute Gasteiger partial charge is 0.246 e. The number of halogens is 1. The molecule has 0 bridgehead atoms. The van der Waals surface area contributed by atoms with Crippen LogP contribution in [0, 0.1) is 5.82 Å². The van der Waals surface area contributed by atoms with E-state index in [0.717, 1.165) is 0 Å². The quantitative estimate of drug-likeness (QED) is 0.716. The predicted octanol–water partition coefficient (Wildman–Crippen LogP) is 2.71. The number of rotatable bonds is 4. The number of carbonyl (C=O) groups is 1. The van der Waals surface area contributed by atoms with Crippen molar-refractivity contribution in [3.63, 3.8) is 0 Å². The van der Waals surface area contributed by atoms with Gasteiger partial charge in [0.1, 0.15) is 5.82 Å². The minimum atomic E-state index is -0.314. The monoisotopic (exact) mass is 221 g/mol. The van der Waals surface area contributed by atoms with E-state index in [1.165, 1.54) is 18.2 Å². The van der Waals surface area contributed by atoms with E-state index in [1.54, 1.807) is 23.1 Å². The van der Waals surface area contributed by atoms with Crippen LogP contribution in [0.25, 0.3) is 6.08 Å². The fourth-order valence-corrected chi connectivity index (χ4v) is 1.41. The Kier molecular flexibility index (Phi) is 4.70. The van der Waals surface area contributed by atoms with E-state index >= 15 is 0 Å². The first-order chi connectivity index (χ1) is 7.69. The summed E-state index contributed by atoms with van der Waals surface area (Å²) >= 11 is 0. The fourth-order valence-electron chi connectivity index (χ4n) is 1.41. The summed E-state index contributed by atoms with van der Waals surface area (Å²) in [6.07, 6.45) is 2.92. The van der Waals surface area contributed by atoms with Crippen LogP contribution in [-0.2, 0) is 4.79 Å². The minimum absolute atomic E-state index is 0.0896. The molecule has 0 heterocycles. The van der Waals surface area contributed by atoms with Crippen molar-refractivity contribution in [1.29, 1.82) is 0 Å². The van der Waals surface area contributed by atoms with E-state index in [-0.39, 0.29) is 11.7 Å². The lowest BCUT2D eigenvalue weighted by molar-refractivity contribution is -0.125. The van der Waals surface area contributed by atoms with Gasteiger partial charge >= 0.3 is 0 Å². The molecular weight excluding hydrogens is 205 g/mol. The normalized spacial score (nSPS) is 10.7. The number of nitrogens with zero attached hydrogens (tertiary/aromatic N) is 1. The Labute approximate surface area is 95.4 Å². The summed E-state index contributed by atoms with van der Waals surface area (Å²) in [4.78, 5) is 13.3. The van der Waals surface area contributed by atoms with Gasteiger partial charge in [-0.2, -0.15) is 0 Å². The van der Waals surface area contributed by atoms with Crippen LogP contribution in [0.1, 0.15) is 19.4 Å². The molecule has 1 amide bonds. The number of likely N-dealkylation sites (N-methyl/N-ethyl adjacent to an activating group) is 1. The highest BCUT2D eigenvalue weighted by molar-refractivity contribution is 5.91. The molecule has 0 radical (unpaired) electrons. The minimum Gasteiger partial charge on any atom is -0.340 e. The number of hydrogen-bond acceptors (Lipinski definition) is 1. The van der Waals surface area contributed by atoms with Crippen LogP contribution in [0.2, 0.25) is 0 Å². The van der Waals surface area contributed by atoms with Crippen molar-refractivity contribution in [3.8, 4) is 0 Å². The van der Waals surface area contributed by atoms with Crippen molar-refractivity contribution < 1.29 is 9.18 Å². The third-order valence-corrected chi connectivity index (χ3v) is 2.39. The van der Waals surface area contributed by atoms with Gasteiger partial charge in [0.15, 0.2) is 0 Å². The van der Waals surface area contributed by atoms with Gasteiger partial charge in [-0.05, 0) is 26.0 Å². The van der Waals surface area contributed by atoms with Gasteiger partial charge in [0.25, 0.3) is 0 Å². The van der Waals surface area contributed by atoms with Crippen LogP contribution >= 0.6 is 0 Å². The molecule has 86 valence electrons. The van der Waals surface area contributed by atoms with Crippen LogP contribution in [0.5, 0.6) is 0 Å².